The van der Waals surface area contributed by atoms with Crippen molar-refractivity contribution in [2.24, 2.45) is 0 Å². The third-order valence-electron chi connectivity index (χ3n) is 3.15. The standard InChI is InChI=1S/C15H19FN2O/c1-3-9-18-10-8-17-14(18)15(2,19)11-12-6-4-5-7-13(12)16/h4-8,10,19H,3,9,11H2,1-2H3. The maximum absolute atomic E-state index is 13.7. The van der Waals surface area contributed by atoms with E-state index in [1.165, 1.54) is 6.07 Å². The van der Waals surface area contributed by atoms with Crippen LogP contribution in [-0.4, -0.2) is 14.7 Å². The molecule has 0 aliphatic carbocycles. The van der Waals surface area contributed by atoms with Gasteiger partial charge in [0, 0.05) is 25.4 Å². The number of rotatable bonds is 5. The molecule has 1 N–H and O–H groups in total. The van der Waals surface area contributed by atoms with Gasteiger partial charge in [0.15, 0.2) is 0 Å². The fourth-order valence-corrected chi connectivity index (χ4v) is 2.29. The van der Waals surface area contributed by atoms with E-state index >= 15 is 0 Å². The van der Waals surface area contributed by atoms with Crippen LogP contribution in [0.3, 0.4) is 0 Å². The van der Waals surface area contributed by atoms with Gasteiger partial charge in [0.05, 0.1) is 0 Å². The van der Waals surface area contributed by atoms with Crippen LogP contribution < -0.4 is 0 Å². The minimum absolute atomic E-state index is 0.209. The summed E-state index contributed by atoms with van der Waals surface area (Å²) < 4.78 is 15.6. The Labute approximate surface area is 112 Å². The molecule has 0 aliphatic rings. The molecule has 1 aromatic heterocycles. The number of imidazole rings is 1. The van der Waals surface area contributed by atoms with Crippen LogP contribution in [-0.2, 0) is 18.6 Å². The Bertz CT molecular complexity index is 549. The predicted octanol–water partition coefficient (Wildman–Crippen LogP) is 2.88. The van der Waals surface area contributed by atoms with Crippen molar-refractivity contribution in [2.75, 3.05) is 0 Å². The van der Waals surface area contributed by atoms with Crippen LogP contribution in [0.1, 0.15) is 31.7 Å². The van der Waals surface area contributed by atoms with Crippen LogP contribution in [0.15, 0.2) is 36.7 Å². The van der Waals surface area contributed by atoms with Gasteiger partial charge in [0.2, 0.25) is 0 Å². The first-order valence-corrected chi connectivity index (χ1v) is 6.52. The number of hydrogen-bond donors (Lipinski definition) is 1. The van der Waals surface area contributed by atoms with Crippen LogP contribution in [0.4, 0.5) is 4.39 Å². The van der Waals surface area contributed by atoms with Crippen molar-refractivity contribution in [2.45, 2.75) is 38.8 Å². The Balaban J connectivity index is 2.27. The van der Waals surface area contributed by atoms with E-state index in [-0.39, 0.29) is 12.2 Å². The van der Waals surface area contributed by atoms with E-state index in [4.69, 9.17) is 0 Å². The van der Waals surface area contributed by atoms with Gasteiger partial charge in [-0.1, -0.05) is 25.1 Å². The van der Waals surface area contributed by atoms with Gasteiger partial charge in [0.1, 0.15) is 17.2 Å². The Morgan fingerprint density at radius 2 is 2.11 bits per heavy atom. The van der Waals surface area contributed by atoms with E-state index in [9.17, 15) is 9.50 Å². The first-order valence-electron chi connectivity index (χ1n) is 6.52. The smallest absolute Gasteiger partial charge is 0.140 e. The first kappa shape index (κ1) is 13.7. The molecule has 0 saturated heterocycles. The zero-order valence-electron chi connectivity index (χ0n) is 11.3. The molecule has 0 fully saturated rings. The molecule has 0 amide bonds. The Kier molecular flexibility index (Phi) is 4.00. The van der Waals surface area contributed by atoms with E-state index in [1.807, 2.05) is 10.8 Å². The van der Waals surface area contributed by atoms with Crippen molar-refractivity contribution >= 4 is 0 Å². The average molecular weight is 262 g/mol. The molecule has 1 aromatic carbocycles. The summed E-state index contributed by atoms with van der Waals surface area (Å²) in [7, 11) is 0. The van der Waals surface area contributed by atoms with Crippen LogP contribution >= 0.6 is 0 Å². The Morgan fingerprint density at radius 1 is 1.37 bits per heavy atom. The summed E-state index contributed by atoms with van der Waals surface area (Å²) in [6, 6.07) is 6.51. The molecule has 2 rings (SSSR count). The zero-order valence-corrected chi connectivity index (χ0v) is 11.3. The molecule has 0 bridgehead atoms. The minimum atomic E-state index is -1.18. The highest BCUT2D eigenvalue weighted by atomic mass is 19.1. The van der Waals surface area contributed by atoms with E-state index in [2.05, 4.69) is 11.9 Å². The Morgan fingerprint density at radius 3 is 2.79 bits per heavy atom. The van der Waals surface area contributed by atoms with E-state index in [0.717, 1.165) is 13.0 Å². The molecule has 4 heteroatoms. The van der Waals surface area contributed by atoms with Crippen molar-refractivity contribution in [3.8, 4) is 0 Å². The predicted molar refractivity (Wildman–Crippen MR) is 72.2 cm³/mol. The van der Waals surface area contributed by atoms with Crippen molar-refractivity contribution in [3.63, 3.8) is 0 Å². The molecule has 3 nitrogen and oxygen atoms in total. The third kappa shape index (κ3) is 3.01. The normalized spacial score (nSPS) is 14.3. The second kappa shape index (κ2) is 5.53. The van der Waals surface area contributed by atoms with E-state index in [1.54, 1.807) is 31.3 Å². The highest BCUT2D eigenvalue weighted by Crippen LogP contribution is 2.25. The van der Waals surface area contributed by atoms with Crippen LogP contribution in [0, 0.1) is 5.82 Å². The number of halogens is 1. The average Bonchev–Trinajstić information content (AvgIpc) is 2.81. The topological polar surface area (TPSA) is 38.0 Å². The van der Waals surface area contributed by atoms with Gasteiger partial charge >= 0.3 is 0 Å². The lowest BCUT2D eigenvalue weighted by molar-refractivity contribution is 0.0434. The lowest BCUT2D eigenvalue weighted by Gasteiger charge is -2.24. The summed E-state index contributed by atoms with van der Waals surface area (Å²) in [5, 5.41) is 10.6. The molecule has 2 aromatic rings. The molecule has 102 valence electrons. The molecule has 0 aliphatic heterocycles. The fraction of sp³-hybridized carbons (Fsp3) is 0.400. The molecule has 0 radical (unpaired) electrons. The number of aliphatic hydroxyl groups is 1. The second-order valence-electron chi connectivity index (χ2n) is 4.99. The van der Waals surface area contributed by atoms with Crippen molar-refractivity contribution in [1.29, 1.82) is 0 Å². The maximum atomic E-state index is 13.7. The van der Waals surface area contributed by atoms with Gasteiger partial charge < -0.3 is 9.67 Å². The number of hydrogen-bond acceptors (Lipinski definition) is 2. The molecule has 1 heterocycles. The highest BCUT2D eigenvalue weighted by Gasteiger charge is 2.29. The molecule has 0 spiro atoms. The minimum Gasteiger partial charge on any atom is -0.382 e. The first-order chi connectivity index (χ1) is 9.04. The molecular weight excluding hydrogens is 243 g/mol. The summed E-state index contributed by atoms with van der Waals surface area (Å²) in [5.41, 5.74) is -0.681. The molecule has 19 heavy (non-hydrogen) atoms. The molecule has 0 saturated carbocycles. The summed E-state index contributed by atoms with van der Waals surface area (Å²) in [5.74, 6) is 0.286. The van der Waals surface area contributed by atoms with Crippen molar-refractivity contribution in [1.82, 2.24) is 9.55 Å². The van der Waals surface area contributed by atoms with Crippen LogP contribution in [0.5, 0.6) is 0 Å². The zero-order chi connectivity index (χ0) is 13.9. The van der Waals surface area contributed by atoms with Gasteiger partial charge in [-0.2, -0.15) is 0 Å². The Hall–Kier alpha value is -1.68. The largest absolute Gasteiger partial charge is 0.382 e. The summed E-state index contributed by atoms with van der Waals surface area (Å²) in [4.78, 5) is 4.22. The number of aromatic nitrogens is 2. The van der Waals surface area contributed by atoms with Crippen LogP contribution in [0.25, 0.3) is 0 Å². The van der Waals surface area contributed by atoms with Gasteiger partial charge in [0.25, 0.3) is 0 Å². The monoisotopic (exact) mass is 262 g/mol. The highest BCUT2D eigenvalue weighted by molar-refractivity contribution is 5.21. The van der Waals surface area contributed by atoms with E-state index < -0.39 is 5.60 Å². The van der Waals surface area contributed by atoms with Crippen molar-refractivity contribution < 1.29 is 9.50 Å². The maximum Gasteiger partial charge on any atom is 0.140 e. The summed E-state index contributed by atoms with van der Waals surface area (Å²) >= 11 is 0. The molecular formula is C15H19FN2O. The third-order valence-corrected chi connectivity index (χ3v) is 3.15. The number of aryl methyl sites for hydroxylation is 1. The number of benzene rings is 1. The molecule has 1 atom stereocenters. The van der Waals surface area contributed by atoms with Gasteiger partial charge in [-0.15, -0.1) is 0 Å². The number of nitrogens with zero attached hydrogens (tertiary/aromatic N) is 2. The quantitative estimate of drug-likeness (QED) is 0.899. The fourth-order valence-electron chi connectivity index (χ4n) is 2.29. The molecule has 1 unspecified atom stereocenters. The van der Waals surface area contributed by atoms with Gasteiger partial charge in [-0.3, -0.25) is 0 Å². The lowest BCUT2D eigenvalue weighted by atomic mass is 9.95. The SMILES string of the molecule is CCCn1ccnc1C(C)(O)Cc1ccccc1F. The van der Waals surface area contributed by atoms with Crippen molar-refractivity contribution in [3.05, 3.63) is 53.9 Å². The second-order valence-corrected chi connectivity index (χ2v) is 4.99. The summed E-state index contributed by atoms with van der Waals surface area (Å²) in [6.07, 6.45) is 4.68. The summed E-state index contributed by atoms with van der Waals surface area (Å²) in [6.45, 7) is 4.53. The van der Waals surface area contributed by atoms with Gasteiger partial charge in [-0.05, 0) is 25.0 Å². The van der Waals surface area contributed by atoms with E-state index in [0.29, 0.717) is 11.4 Å². The van der Waals surface area contributed by atoms with Crippen LogP contribution in [0.2, 0.25) is 0 Å². The lowest BCUT2D eigenvalue weighted by Crippen LogP contribution is -2.29. The van der Waals surface area contributed by atoms with Gasteiger partial charge in [-0.25, -0.2) is 9.37 Å².